The van der Waals surface area contributed by atoms with Crippen LogP contribution in [0.15, 0.2) is 10.7 Å². The Morgan fingerprint density at radius 3 is 2.72 bits per heavy atom. The fourth-order valence-corrected chi connectivity index (χ4v) is 1.96. The smallest absolute Gasteiger partial charge is 0.297 e. The molecule has 0 saturated carbocycles. The Bertz CT molecular complexity index is 336. The largest absolute Gasteiger partial charge is 0.432 e. The second kappa shape index (κ2) is 7.41. The number of anilines is 1. The molecule has 0 aromatic carbocycles. The van der Waals surface area contributed by atoms with Crippen LogP contribution in [0.3, 0.4) is 0 Å². The maximum absolute atomic E-state index is 5.53. The molecule has 104 valence electrons. The number of rotatable bonds is 8. The Kier molecular flexibility index (Phi) is 6.19. The standard InChI is InChI=1S/C14H27N3O/c1-6-7-15-9-13-10-18-14(16-13)17(5)12(4)8-11(2)3/h10-12,15H,6-9H2,1-5H3. The predicted octanol–water partition coefficient (Wildman–Crippen LogP) is 3.05. The second-order valence-corrected chi connectivity index (χ2v) is 5.39. The molecule has 1 aromatic rings. The molecule has 0 bridgehead atoms. The van der Waals surface area contributed by atoms with Crippen molar-refractivity contribution in [3.05, 3.63) is 12.0 Å². The Balaban J connectivity index is 2.50. The van der Waals surface area contributed by atoms with Gasteiger partial charge in [0.15, 0.2) is 0 Å². The molecule has 0 aliphatic carbocycles. The highest BCUT2D eigenvalue weighted by Gasteiger charge is 2.16. The van der Waals surface area contributed by atoms with Gasteiger partial charge < -0.3 is 14.6 Å². The summed E-state index contributed by atoms with van der Waals surface area (Å²) in [5, 5.41) is 3.32. The number of nitrogens with one attached hydrogen (secondary N) is 1. The van der Waals surface area contributed by atoms with E-state index in [-0.39, 0.29) is 0 Å². The van der Waals surface area contributed by atoms with Crippen LogP contribution in [0.1, 0.15) is 46.2 Å². The van der Waals surface area contributed by atoms with Crippen LogP contribution in [-0.4, -0.2) is 24.6 Å². The third-order valence-electron chi connectivity index (χ3n) is 3.05. The van der Waals surface area contributed by atoms with Crippen LogP contribution in [0, 0.1) is 5.92 Å². The first-order valence-electron chi connectivity index (χ1n) is 6.92. The zero-order valence-corrected chi connectivity index (χ0v) is 12.4. The molecule has 0 fully saturated rings. The molecule has 1 aromatic heterocycles. The van der Waals surface area contributed by atoms with Crippen LogP contribution < -0.4 is 10.2 Å². The Morgan fingerprint density at radius 1 is 1.39 bits per heavy atom. The molecule has 0 aliphatic rings. The van der Waals surface area contributed by atoms with Crippen LogP contribution in [0.4, 0.5) is 6.01 Å². The molecule has 1 rings (SSSR count). The van der Waals surface area contributed by atoms with Crippen molar-refractivity contribution in [2.45, 2.75) is 53.1 Å². The summed E-state index contributed by atoms with van der Waals surface area (Å²) in [6, 6.07) is 1.16. The summed E-state index contributed by atoms with van der Waals surface area (Å²) in [4.78, 5) is 6.62. The second-order valence-electron chi connectivity index (χ2n) is 5.39. The summed E-state index contributed by atoms with van der Waals surface area (Å²) in [6.45, 7) is 10.6. The van der Waals surface area contributed by atoms with Gasteiger partial charge in [-0.3, -0.25) is 0 Å². The fraction of sp³-hybridized carbons (Fsp3) is 0.786. The van der Waals surface area contributed by atoms with Gasteiger partial charge in [0.25, 0.3) is 6.01 Å². The zero-order chi connectivity index (χ0) is 13.5. The van der Waals surface area contributed by atoms with E-state index in [9.17, 15) is 0 Å². The minimum absolute atomic E-state index is 0.445. The van der Waals surface area contributed by atoms with E-state index in [2.05, 4.69) is 42.9 Å². The quantitative estimate of drug-likeness (QED) is 0.723. The molecule has 0 amide bonds. The molecule has 0 radical (unpaired) electrons. The molecule has 0 aliphatic heterocycles. The Hall–Kier alpha value is -1.03. The monoisotopic (exact) mass is 253 g/mol. The minimum atomic E-state index is 0.445. The highest BCUT2D eigenvalue weighted by Crippen LogP contribution is 2.18. The van der Waals surface area contributed by atoms with Gasteiger partial charge >= 0.3 is 0 Å². The minimum Gasteiger partial charge on any atom is -0.432 e. The number of aromatic nitrogens is 1. The average molecular weight is 253 g/mol. The van der Waals surface area contributed by atoms with E-state index >= 15 is 0 Å². The van der Waals surface area contributed by atoms with E-state index in [1.54, 1.807) is 6.26 Å². The summed E-state index contributed by atoms with van der Waals surface area (Å²) in [6.07, 6.45) is 4.02. The van der Waals surface area contributed by atoms with E-state index in [0.29, 0.717) is 12.0 Å². The summed E-state index contributed by atoms with van der Waals surface area (Å²) < 4.78 is 5.53. The number of oxazole rings is 1. The molecule has 4 heteroatoms. The SMILES string of the molecule is CCCNCc1coc(N(C)C(C)CC(C)C)n1. The van der Waals surface area contributed by atoms with Crippen molar-refractivity contribution in [3.8, 4) is 0 Å². The maximum Gasteiger partial charge on any atom is 0.297 e. The lowest BCUT2D eigenvalue weighted by atomic mass is 10.0. The molecule has 1 atom stereocenters. The highest BCUT2D eigenvalue weighted by atomic mass is 16.4. The van der Waals surface area contributed by atoms with Crippen LogP contribution in [-0.2, 0) is 6.54 Å². The van der Waals surface area contributed by atoms with Crippen LogP contribution >= 0.6 is 0 Å². The molecule has 1 heterocycles. The van der Waals surface area contributed by atoms with Crippen molar-refractivity contribution < 1.29 is 4.42 Å². The summed E-state index contributed by atoms with van der Waals surface area (Å²) in [7, 11) is 2.04. The van der Waals surface area contributed by atoms with Crippen molar-refractivity contribution in [2.24, 2.45) is 5.92 Å². The van der Waals surface area contributed by atoms with Crippen molar-refractivity contribution in [1.82, 2.24) is 10.3 Å². The van der Waals surface area contributed by atoms with Gasteiger partial charge in [0.05, 0.1) is 5.69 Å². The molecule has 1 N–H and O–H groups in total. The maximum atomic E-state index is 5.53. The van der Waals surface area contributed by atoms with Crippen molar-refractivity contribution >= 4 is 6.01 Å². The lowest BCUT2D eigenvalue weighted by Crippen LogP contribution is -2.30. The van der Waals surface area contributed by atoms with E-state index in [0.717, 1.165) is 37.6 Å². The Labute approximate surface area is 111 Å². The molecular weight excluding hydrogens is 226 g/mol. The molecule has 18 heavy (non-hydrogen) atoms. The first-order chi connectivity index (χ1) is 8.54. The van der Waals surface area contributed by atoms with Gasteiger partial charge in [0, 0.05) is 19.6 Å². The van der Waals surface area contributed by atoms with Gasteiger partial charge in [0.2, 0.25) is 0 Å². The summed E-state index contributed by atoms with van der Waals surface area (Å²) in [5.41, 5.74) is 0.974. The van der Waals surface area contributed by atoms with Gasteiger partial charge in [-0.25, -0.2) is 0 Å². The fourth-order valence-electron chi connectivity index (χ4n) is 1.96. The Morgan fingerprint density at radius 2 is 2.11 bits per heavy atom. The third kappa shape index (κ3) is 4.69. The lowest BCUT2D eigenvalue weighted by Gasteiger charge is -2.24. The first-order valence-corrected chi connectivity index (χ1v) is 6.92. The van der Waals surface area contributed by atoms with Crippen LogP contribution in [0.5, 0.6) is 0 Å². The van der Waals surface area contributed by atoms with E-state index in [1.807, 2.05) is 7.05 Å². The van der Waals surface area contributed by atoms with Gasteiger partial charge in [-0.2, -0.15) is 4.98 Å². The van der Waals surface area contributed by atoms with Gasteiger partial charge in [-0.15, -0.1) is 0 Å². The average Bonchev–Trinajstić information content (AvgIpc) is 2.76. The van der Waals surface area contributed by atoms with E-state index in [4.69, 9.17) is 4.42 Å². The van der Waals surface area contributed by atoms with E-state index in [1.165, 1.54) is 0 Å². The zero-order valence-electron chi connectivity index (χ0n) is 12.4. The number of hydrogen-bond acceptors (Lipinski definition) is 4. The molecule has 0 saturated heterocycles. The normalized spacial score (nSPS) is 13.0. The van der Waals surface area contributed by atoms with Gasteiger partial charge in [-0.1, -0.05) is 20.8 Å². The van der Waals surface area contributed by atoms with Gasteiger partial charge in [-0.05, 0) is 32.2 Å². The van der Waals surface area contributed by atoms with Crippen LogP contribution in [0.2, 0.25) is 0 Å². The first kappa shape index (κ1) is 15.0. The van der Waals surface area contributed by atoms with Gasteiger partial charge in [0.1, 0.15) is 6.26 Å². The summed E-state index contributed by atoms with van der Waals surface area (Å²) >= 11 is 0. The topological polar surface area (TPSA) is 41.3 Å². The molecular formula is C14H27N3O. The highest BCUT2D eigenvalue weighted by molar-refractivity contribution is 5.27. The lowest BCUT2D eigenvalue weighted by molar-refractivity contribution is 0.465. The molecule has 0 spiro atoms. The molecule has 1 unspecified atom stereocenters. The third-order valence-corrected chi connectivity index (χ3v) is 3.05. The number of nitrogens with zero attached hydrogens (tertiary/aromatic N) is 2. The van der Waals surface area contributed by atoms with E-state index < -0.39 is 0 Å². The van der Waals surface area contributed by atoms with Crippen LogP contribution in [0.25, 0.3) is 0 Å². The number of hydrogen-bond donors (Lipinski definition) is 1. The van der Waals surface area contributed by atoms with Crippen molar-refractivity contribution in [1.29, 1.82) is 0 Å². The molecule has 4 nitrogen and oxygen atoms in total. The predicted molar refractivity (Wildman–Crippen MR) is 75.8 cm³/mol. The van der Waals surface area contributed by atoms with Crippen molar-refractivity contribution in [2.75, 3.05) is 18.5 Å². The van der Waals surface area contributed by atoms with Crippen molar-refractivity contribution in [3.63, 3.8) is 0 Å². The summed E-state index contributed by atoms with van der Waals surface area (Å²) in [5.74, 6) is 0.683.